The Labute approximate surface area is 166 Å². The molecule has 0 fully saturated rings. The van der Waals surface area contributed by atoms with E-state index in [2.05, 4.69) is 5.32 Å². The van der Waals surface area contributed by atoms with E-state index in [0.29, 0.717) is 17.8 Å². The second kappa shape index (κ2) is 7.89. The van der Waals surface area contributed by atoms with Crippen LogP contribution in [0.5, 0.6) is 5.75 Å². The number of hydrogen-bond donors (Lipinski definition) is 1. The number of ether oxygens (including phenoxy) is 1. The average Bonchev–Trinajstić information content (AvgIpc) is 2.89. The first-order chi connectivity index (χ1) is 13.3. The van der Waals surface area contributed by atoms with E-state index in [9.17, 15) is 9.59 Å². The van der Waals surface area contributed by atoms with Crippen molar-refractivity contribution in [2.75, 3.05) is 19.0 Å². The maximum atomic E-state index is 13.1. The zero-order valence-corrected chi connectivity index (χ0v) is 17.0. The van der Waals surface area contributed by atoms with Crippen LogP contribution in [0.3, 0.4) is 0 Å². The summed E-state index contributed by atoms with van der Waals surface area (Å²) >= 11 is 0. The van der Waals surface area contributed by atoms with Gasteiger partial charge in [-0.15, -0.1) is 0 Å². The molecule has 1 N–H and O–H groups in total. The molecule has 0 aromatic heterocycles. The van der Waals surface area contributed by atoms with E-state index in [0.717, 1.165) is 28.1 Å². The Hall–Kier alpha value is -3.08. The van der Waals surface area contributed by atoms with E-state index in [1.54, 1.807) is 7.11 Å². The first-order valence-corrected chi connectivity index (χ1v) is 9.41. The van der Waals surface area contributed by atoms with Gasteiger partial charge in [0.15, 0.2) is 0 Å². The molecule has 146 valence electrons. The summed E-state index contributed by atoms with van der Waals surface area (Å²) in [5.41, 5.74) is 4.44. The van der Waals surface area contributed by atoms with Gasteiger partial charge in [-0.05, 0) is 60.7 Å². The lowest BCUT2D eigenvalue weighted by Gasteiger charge is -2.17. The van der Waals surface area contributed by atoms with Crippen molar-refractivity contribution >= 4 is 23.1 Å². The molecule has 0 bridgehead atoms. The largest absolute Gasteiger partial charge is 0.497 e. The predicted molar refractivity (Wildman–Crippen MR) is 111 cm³/mol. The third kappa shape index (κ3) is 3.79. The van der Waals surface area contributed by atoms with Gasteiger partial charge in [0.25, 0.3) is 11.8 Å². The molecule has 0 radical (unpaired) electrons. The topological polar surface area (TPSA) is 58.6 Å². The molecule has 2 aromatic carbocycles. The van der Waals surface area contributed by atoms with Gasteiger partial charge < -0.3 is 10.1 Å². The van der Waals surface area contributed by atoms with Crippen LogP contribution in [0, 0.1) is 19.8 Å². The molecule has 2 aromatic rings. The molecule has 2 amide bonds. The Morgan fingerprint density at radius 2 is 1.64 bits per heavy atom. The number of amides is 2. The van der Waals surface area contributed by atoms with Gasteiger partial charge in [0.2, 0.25) is 0 Å². The van der Waals surface area contributed by atoms with Crippen molar-refractivity contribution in [3.63, 3.8) is 0 Å². The van der Waals surface area contributed by atoms with Gasteiger partial charge in [0.1, 0.15) is 11.4 Å². The molecule has 5 heteroatoms. The highest BCUT2D eigenvalue weighted by Gasteiger charge is 2.39. The summed E-state index contributed by atoms with van der Waals surface area (Å²) < 4.78 is 5.18. The molecule has 0 spiro atoms. The summed E-state index contributed by atoms with van der Waals surface area (Å²) in [6, 6.07) is 13.1. The van der Waals surface area contributed by atoms with Crippen molar-refractivity contribution in [2.45, 2.75) is 27.7 Å². The van der Waals surface area contributed by atoms with Crippen LogP contribution in [0.2, 0.25) is 0 Å². The number of aryl methyl sites for hydroxylation is 2. The highest BCUT2D eigenvalue weighted by atomic mass is 16.5. The molecule has 0 aliphatic carbocycles. The van der Waals surface area contributed by atoms with E-state index in [1.165, 1.54) is 4.90 Å². The third-order valence-electron chi connectivity index (χ3n) is 4.87. The molecule has 0 unspecified atom stereocenters. The number of benzene rings is 2. The molecular formula is C23H26N2O3. The van der Waals surface area contributed by atoms with Gasteiger partial charge in [0.05, 0.1) is 12.7 Å². The van der Waals surface area contributed by atoms with Gasteiger partial charge in [-0.25, -0.2) is 0 Å². The summed E-state index contributed by atoms with van der Waals surface area (Å²) in [6.07, 6.45) is 0. The van der Waals surface area contributed by atoms with Crippen LogP contribution >= 0.6 is 0 Å². The second-order valence-electron chi connectivity index (χ2n) is 7.52. The standard InChI is InChI=1S/C23H26N2O3/c1-14(2)13-25-22(26)20(17-7-6-15(3)16(4)12-17)21(23(25)27)24-18-8-10-19(28-5)11-9-18/h6-12,14,24H,13H2,1-5H3. The monoisotopic (exact) mass is 378 g/mol. The lowest BCUT2D eigenvalue weighted by atomic mass is 9.99. The summed E-state index contributed by atoms with van der Waals surface area (Å²) in [5.74, 6) is 0.374. The minimum absolute atomic E-state index is 0.189. The molecule has 1 aliphatic rings. The molecule has 0 atom stereocenters. The summed E-state index contributed by atoms with van der Waals surface area (Å²) in [5, 5.41) is 3.17. The number of methoxy groups -OCH3 is 1. The minimum Gasteiger partial charge on any atom is -0.497 e. The molecule has 0 saturated carbocycles. The van der Waals surface area contributed by atoms with Gasteiger partial charge in [-0.2, -0.15) is 0 Å². The van der Waals surface area contributed by atoms with Crippen molar-refractivity contribution in [1.82, 2.24) is 4.90 Å². The fourth-order valence-corrected chi connectivity index (χ4v) is 3.21. The number of nitrogens with one attached hydrogen (secondary N) is 1. The smallest absolute Gasteiger partial charge is 0.278 e. The van der Waals surface area contributed by atoms with Crippen LogP contribution in [0.15, 0.2) is 48.2 Å². The summed E-state index contributed by atoms with van der Waals surface area (Å²) in [7, 11) is 1.60. The maximum absolute atomic E-state index is 13.1. The third-order valence-corrected chi connectivity index (χ3v) is 4.87. The summed E-state index contributed by atoms with van der Waals surface area (Å²) in [4.78, 5) is 27.5. The van der Waals surface area contributed by atoms with Crippen LogP contribution in [-0.2, 0) is 9.59 Å². The number of imide groups is 1. The molecule has 0 saturated heterocycles. The number of rotatable bonds is 6. The second-order valence-corrected chi connectivity index (χ2v) is 7.52. The number of nitrogens with zero attached hydrogens (tertiary/aromatic N) is 1. The minimum atomic E-state index is -0.289. The van der Waals surface area contributed by atoms with Crippen LogP contribution in [-0.4, -0.2) is 30.4 Å². The van der Waals surface area contributed by atoms with E-state index in [1.807, 2.05) is 70.2 Å². The van der Waals surface area contributed by atoms with Gasteiger partial charge in [-0.1, -0.05) is 32.0 Å². The first-order valence-electron chi connectivity index (χ1n) is 9.41. The highest BCUT2D eigenvalue weighted by Crippen LogP contribution is 2.32. The SMILES string of the molecule is COc1ccc(NC2=C(c3ccc(C)c(C)c3)C(=O)N(CC(C)C)C2=O)cc1. The number of carbonyl (C=O) groups excluding carboxylic acids is 2. The van der Waals surface area contributed by atoms with Crippen LogP contribution in [0.1, 0.15) is 30.5 Å². The Balaban J connectivity index is 2.06. The van der Waals surface area contributed by atoms with Crippen molar-refractivity contribution in [3.05, 3.63) is 64.9 Å². The predicted octanol–water partition coefficient (Wildman–Crippen LogP) is 4.16. The van der Waals surface area contributed by atoms with E-state index < -0.39 is 0 Å². The Kier molecular flexibility index (Phi) is 5.54. The molecule has 1 heterocycles. The maximum Gasteiger partial charge on any atom is 0.278 e. The zero-order chi connectivity index (χ0) is 20.4. The van der Waals surface area contributed by atoms with Crippen molar-refractivity contribution < 1.29 is 14.3 Å². The molecule has 28 heavy (non-hydrogen) atoms. The van der Waals surface area contributed by atoms with Crippen LogP contribution < -0.4 is 10.1 Å². The van der Waals surface area contributed by atoms with Crippen molar-refractivity contribution in [1.29, 1.82) is 0 Å². The molecule has 3 rings (SSSR count). The Morgan fingerprint density at radius 1 is 0.964 bits per heavy atom. The average molecular weight is 378 g/mol. The normalized spacial score (nSPS) is 14.3. The van der Waals surface area contributed by atoms with Crippen molar-refractivity contribution in [2.24, 2.45) is 5.92 Å². The van der Waals surface area contributed by atoms with E-state index >= 15 is 0 Å². The lowest BCUT2D eigenvalue weighted by Crippen LogP contribution is -2.35. The van der Waals surface area contributed by atoms with Gasteiger partial charge in [0, 0.05) is 12.2 Å². The number of anilines is 1. The molecule has 5 nitrogen and oxygen atoms in total. The fourth-order valence-electron chi connectivity index (χ4n) is 3.21. The Bertz CT molecular complexity index is 943. The lowest BCUT2D eigenvalue weighted by molar-refractivity contribution is -0.137. The molecular weight excluding hydrogens is 352 g/mol. The fraction of sp³-hybridized carbons (Fsp3) is 0.304. The Morgan fingerprint density at radius 3 is 2.21 bits per heavy atom. The van der Waals surface area contributed by atoms with Crippen LogP contribution in [0.25, 0.3) is 5.57 Å². The van der Waals surface area contributed by atoms with Gasteiger partial charge in [-0.3, -0.25) is 14.5 Å². The first kappa shape index (κ1) is 19.7. The number of carbonyl (C=O) groups is 2. The quantitative estimate of drug-likeness (QED) is 0.767. The molecule has 1 aliphatic heterocycles. The summed E-state index contributed by atoms with van der Waals surface area (Å²) in [6.45, 7) is 8.40. The van der Waals surface area contributed by atoms with Crippen LogP contribution in [0.4, 0.5) is 5.69 Å². The van der Waals surface area contributed by atoms with E-state index in [4.69, 9.17) is 4.74 Å². The van der Waals surface area contributed by atoms with E-state index in [-0.39, 0.29) is 17.7 Å². The highest BCUT2D eigenvalue weighted by molar-refractivity contribution is 6.36. The number of hydrogen-bond acceptors (Lipinski definition) is 4. The van der Waals surface area contributed by atoms with Gasteiger partial charge >= 0.3 is 0 Å². The zero-order valence-electron chi connectivity index (χ0n) is 17.0. The van der Waals surface area contributed by atoms with Crippen molar-refractivity contribution in [3.8, 4) is 5.75 Å².